The lowest BCUT2D eigenvalue weighted by molar-refractivity contribution is 0.102. The zero-order chi connectivity index (χ0) is 14.7. The van der Waals surface area contributed by atoms with Crippen molar-refractivity contribution >= 4 is 28.9 Å². The van der Waals surface area contributed by atoms with Crippen LogP contribution in [-0.4, -0.2) is 13.0 Å². The van der Waals surface area contributed by atoms with Crippen LogP contribution in [0.15, 0.2) is 36.4 Å². The number of benzene rings is 2. The van der Waals surface area contributed by atoms with Crippen LogP contribution in [0.4, 0.5) is 15.8 Å². The molecule has 20 heavy (non-hydrogen) atoms. The minimum absolute atomic E-state index is 0.00740. The number of nitrogens with two attached hydrogens (primary N) is 1. The van der Waals surface area contributed by atoms with Gasteiger partial charge in [-0.05, 0) is 36.4 Å². The normalized spacial score (nSPS) is 10.2. The van der Waals surface area contributed by atoms with Gasteiger partial charge in [0.1, 0.15) is 0 Å². The minimum Gasteiger partial charge on any atom is -0.494 e. The Labute approximate surface area is 120 Å². The fourth-order valence-electron chi connectivity index (χ4n) is 1.61. The highest BCUT2D eigenvalue weighted by Gasteiger charge is 2.11. The van der Waals surface area contributed by atoms with Crippen LogP contribution in [0.25, 0.3) is 0 Å². The summed E-state index contributed by atoms with van der Waals surface area (Å²) in [6.07, 6.45) is 0. The molecule has 0 spiro atoms. The molecule has 0 radical (unpaired) electrons. The number of amides is 1. The highest BCUT2D eigenvalue weighted by Crippen LogP contribution is 2.24. The molecule has 2 aromatic rings. The van der Waals surface area contributed by atoms with E-state index < -0.39 is 11.7 Å². The van der Waals surface area contributed by atoms with Crippen molar-refractivity contribution in [2.75, 3.05) is 18.2 Å². The molecule has 104 valence electrons. The molecule has 6 heteroatoms. The summed E-state index contributed by atoms with van der Waals surface area (Å²) in [4.78, 5) is 12.0. The molecule has 0 aromatic heterocycles. The second-order valence-electron chi connectivity index (χ2n) is 4.04. The molecule has 4 nitrogen and oxygen atoms in total. The molecule has 0 saturated heterocycles. The van der Waals surface area contributed by atoms with E-state index in [0.717, 1.165) is 0 Å². The molecule has 0 aliphatic heterocycles. The molecule has 0 unspecified atom stereocenters. The third-order valence-corrected chi connectivity index (χ3v) is 3.00. The Hall–Kier alpha value is -2.27. The average molecular weight is 295 g/mol. The zero-order valence-corrected chi connectivity index (χ0v) is 11.4. The zero-order valence-electron chi connectivity index (χ0n) is 10.6. The number of nitrogen functional groups attached to an aromatic ring is 1. The number of ether oxygens (including phenoxy) is 1. The largest absolute Gasteiger partial charge is 0.494 e. The number of hydrogen-bond acceptors (Lipinski definition) is 3. The van der Waals surface area contributed by atoms with Crippen LogP contribution in [0.2, 0.25) is 5.02 Å². The van der Waals surface area contributed by atoms with Gasteiger partial charge in [-0.25, -0.2) is 4.39 Å². The van der Waals surface area contributed by atoms with Crippen molar-refractivity contribution in [2.24, 2.45) is 0 Å². The Morgan fingerprint density at radius 1 is 1.30 bits per heavy atom. The topological polar surface area (TPSA) is 64.3 Å². The number of rotatable bonds is 3. The van der Waals surface area contributed by atoms with E-state index in [-0.39, 0.29) is 11.3 Å². The first-order chi connectivity index (χ1) is 9.51. The Bertz CT molecular complexity index is 662. The lowest BCUT2D eigenvalue weighted by Gasteiger charge is -2.08. The molecule has 0 aliphatic carbocycles. The fraction of sp³-hybridized carbons (Fsp3) is 0.0714. The quantitative estimate of drug-likeness (QED) is 0.854. The number of anilines is 2. The SMILES string of the molecule is COc1cc(C(=O)Nc2ccc(N)c(Cl)c2)ccc1F. The van der Waals surface area contributed by atoms with Crippen molar-refractivity contribution in [3.63, 3.8) is 0 Å². The molecular weight excluding hydrogens is 283 g/mol. The van der Waals surface area contributed by atoms with Crippen LogP contribution >= 0.6 is 11.6 Å². The molecule has 0 heterocycles. The molecule has 0 aliphatic rings. The average Bonchev–Trinajstić information content (AvgIpc) is 2.43. The molecule has 0 saturated carbocycles. The van der Waals surface area contributed by atoms with Crippen molar-refractivity contribution in [1.29, 1.82) is 0 Å². The third-order valence-electron chi connectivity index (χ3n) is 2.67. The van der Waals surface area contributed by atoms with Crippen LogP contribution in [0.3, 0.4) is 0 Å². The van der Waals surface area contributed by atoms with Crippen LogP contribution < -0.4 is 15.8 Å². The Morgan fingerprint density at radius 2 is 2.05 bits per heavy atom. The molecule has 2 rings (SSSR count). The molecule has 1 amide bonds. The number of carbonyl (C=O) groups is 1. The minimum atomic E-state index is -0.528. The molecule has 0 atom stereocenters. The summed E-state index contributed by atoms with van der Waals surface area (Å²) in [7, 11) is 1.33. The summed E-state index contributed by atoms with van der Waals surface area (Å²) in [6.45, 7) is 0. The summed E-state index contributed by atoms with van der Waals surface area (Å²) >= 11 is 5.87. The van der Waals surface area contributed by atoms with Crippen molar-refractivity contribution in [2.45, 2.75) is 0 Å². The predicted molar refractivity (Wildman–Crippen MR) is 76.8 cm³/mol. The van der Waals surface area contributed by atoms with Crippen molar-refractivity contribution in [3.8, 4) is 5.75 Å². The van der Waals surface area contributed by atoms with E-state index in [4.69, 9.17) is 22.1 Å². The van der Waals surface area contributed by atoms with E-state index >= 15 is 0 Å². The van der Waals surface area contributed by atoms with Crippen LogP contribution in [-0.2, 0) is 0 Å². The molecule has 0 bridgehead atoms. The smallest absolute Gasteiger partial charge is 0.255 e. The van der Waals surface area contributed by atoms with Crippen LogP contribution in [0.5, 0.6) is 5.75 Å². The Balaban J connectivity index is 2.21. The van der Waals surface area contributed by atoms with Crippen LogP contribution in [0.1, 0.15) is 10.4 Å². The van der Waals surface area contributed by atoms with Gasteiger partial charge < -0.3 is 15.8 Å². The third kappa shape index (κ3) is 3.00. The van der Waals surface area contributed by atoms with E-state index in [2.05, 4.69) is 5.32 Å². The van der Waals surface area contributed by atoms with Gasteiger partial charge >= 0.3 is 0 Å². The first kappa shape index (κ1) is 14.1. The van der Waals surface area contributed by atoms with E-state index in [1.165, 1.54) is 31.4 Å². The maximum Gasteiger partial charge on any atom is 0.255 e. The lowest BCUT2D eigenvalue weighted by atomic mass is 10.2. The summed E-state index contributed by atoms with van der Waals surface area (Å²) in [5.74, 6) is -0.920. The summed E-state index contributed by atoms with van der Waals surface area (Å²) in [6, 6.07) is 8.61. The van der Waals surface area contributed by atoms with Gasteiger partial charge in [-0.3, -0.25) is 4.79 Å². The molecule has 3 N–H and O–H groups in total. The predicted octanol–water partition coefficient (Wildman–Crippen LogP) is 3.32. The Morgan fingerprint density at radius 3 is 2.70 bits per heavy atom. The second-order valence-corrected chi connectivity index (χ2v) is 4.45. The maximum atomic E-state index is 13.3. The molecule has 2 aromatic carbocycles. The summed E-state index contributed by atoms with van der Waals surface area (Å²) in [5, 5.41) is 2.99. The van der Waals surface area contributed by atoms with E-state index in [1.807, 2.05) is 0 Å². The van der Waals surface area contributed by atoms with E-state index in [1.54, 1.807) is 12.1 Å². The van der Waals surface area contributed by atoms with E-state index in [0.29, 0.717) is 16.4 Å². The lowest BCUT2D eigenvalue weighted by Crippen LogP contribution is -2.12. The number of halogens is 2. The second kappa shape index (κ2) is 5.79. The van der Waals surface area contributed by atoms with Gasteiger partial charge in [-0.1, -0.05) is 11.6 Å². The monoisotopic (exact) mass is 294 g/mol. The first-order valence-electron chi connectivity index (χ1n) is 5.71. The van der Waals surface area contributed by atoms with Crippen molar-refractivity contribution < 1.29 is 13.9 Å². The van der Waals surface area contributed by atoms with Gasteiger partial charge in [-0.15, -0.1) is 0 Å². The highest BCUT2D eigenvalue weighted by molar-refractivity contribution is 6.33. The summed E-state index contributed by atoms with van der Waals surface area (Å²) in [5.41, 5.74) is 6.78. The summed E-state index contributed by atoms with van der Waals surface area (Å²) < 4.78 is 18.1. The number of carbonyl (C=O) groups excluding carboxylic acids is 1. The van der Waals surface area contributed by atoms with Gasteiger partial charge in [0.2, 0.25) is 0 Å². The fourth-order valence-corrected chi connectivity index (χ4v) is 1.79. The van der Waals surface area contributed by atoms with Crippen molar-refractivity contribution in [1.82, 2.24) is 0 Å². The number of hydrogen-bond donors (Lipinski definition) is 2. The number of methoxy groups -OCH3 is 1. The number of nitrogens with one attached hydrogen (secondary N) is 1. The van der Waals surface area contributed by atoms with E-state index in [9.17, 15) is 9.18 Å². The highest BCUT2D eigenvalue weighted by atomic mass is 35.5. The van der Waals surface area contributed by atoms with Gasteiger partial charge in [0.05, 0.1) is 17.8 Å². The van der Waals surface area contributed by atoms with Gasteiger partial charge in [0.15, 0.2) is 11.6 Å². The maximum absolute atomic E-state index is 13.3. The van der Waals surface area contributed by atoms with Gasteiger partial charge in [-0.2, -0.15) is 0 Å². The van der Waals surface area contributed by atoms with Crippen molar-refractivity contribution in [3.05, 3.63) is 52.8 Å². The standard InChI is InChI=1S/C14H12ClFN2O2/c1-20-13-6-8(2-4-11(13)16)14(19)18-9-3-5-12(17)10(15)7-9/h2-7H,17H2,1H3,(H,18,19). The Kier molecular flexibility index (Phi) is 4.10. The van der Waals surface area contributed by atoms with Gasteiger partial charge in [0.25, 0.3) is 5.91 Å². The first-order valence-corrected chi connectivity index (χ1v) is 6.09. The van der Waals surface area contributed by atoms with Gasteiger partial charge in [0, 0.05) is 11.3 Å². The molecule has 0 fully saturated rings. The molecular formula is C14H12ClFN2O2. The van der Waals surface area contributed by atoms with Crippen LogP contribution in [0, 0.1) is 5.82 Å².